The summed E-state index contributed by atoms with van der Waals surface area (Å²) in [5.41, 5.74) is 2.08. The van der Waals surface area contributed by atoms with Crippen molar-refractivity contribution in [2.45, 2.75) is 33.0 Å². The van der Waals surface area contributed by atoms with Crippen LogP contribution in [0, 0.1) is 0 Å². The Morgan fingerprint density at radius 3 is 2.41 bits per heavy atom. The zero-order chi connectivity index (χ0) is 16.5. The van der Waals surface area contributed by atoms with E-state index in [9.17, 15) is 9.59 Å². The van der Waals surface area contributed by atoms with E-state index in [4.69, 9.17) is 9.84 Å². The minimum Gasteiger partial charge on any atom is -0.480 e. The Kier molecular flexibility index (Phi) is 7.56. The van der Waals surface area contributed by atoms with Gasteiger partial charge < -0.3 is 15.2 Å². The number of carbonyl (C=O) groups is 2. The summed E-state index contributed by atoms with van der Waals surface area (Å²) < 4.78 is 5.32. The van der Waals surface area contributed by atoms with Crippen LogP contribution in [-0.4, -0.2) is 48.1 Å². The van der Waals surface area contributed by atoms with Crippen molar-refractivity contribution in [3.63, 3.8) is 0 Å². The van der Waals surface area contributed by atoms with Gasteiger partial charge in [0, 0.05) is 13.2 Å². The molecule has 1 amide bonds. The molecule has 0 fully saturated rings. The highest BCUT2D eigenvalue weighted by atomic mass is 16.5. The Morgan fingerprint density at radius 1 is 1.27 bits per heavy atom. The van der Waals surface area contributed by atoms with Gasteiger partial charge in [0.2, 0.25) is 5.91 Å². The van der Waals surface area contributed by atoms with Crippen molar-refractivity contribution < 1.29 is 19.4 Å². The minimum atomic E-state index is -0.944. The van der Waals surface area contributed by atoms with Crippen LogP contribution in [0.15, 0.2) is 24.3 Å². The number of carboxylic acids is 1. The smallest absolute Gasteiger partial charge is 0.320 e. The molecule has 1 aromatic carbocycles. The molecular weight excluding hydrogens is 284 g/mol. The highest BCUT2D eigenvalue weighted by molar-refractivity contribution is 5.79. The third-order valence-corrected chi connectivity index (χ3v) is 3.40. The van der Waals surface area contributed by atoms with Crippen molar-refractivity contribution in [1.82, 2.24) is 10.2 Å². The maximum atomic E-state index is 11.8. The van der Waals surface area contributed by atoms with E-state index in [1.165, 1.54) is 4.90 Å². The second kappa shape index (κ2) is 9.17. The summed E-state index contributed by atoms with van der Waals surface area (Å²) in [6.45, 7) is 5.23. The van der Waals surface area contributed by atoms with Crippen LogP contribution in [-0.2, 0) is 27.5 Å². The molecule has 0 bridgehead atoms. The van der Waals surface area contributed by atoms with Crippen LogP contribution >= 0.6 is 0 Å². The zero-order valence-corrected chi connectivity index (χ0v) is 13.3. The van der Waals surface area contributed by atoms with Gasteiger partial charge in [0.05, 0.1) is 13.2 Å². The van der Waals surface area contributed by atoms with Crippen LogP contribution in [0.2, 0.25) is 0 Å². The van der Waals surface area contributed by atoms with E-state index in [2.05, 4.69) is 5.32 Å². The molecule has 22 heavy (non-hydrogen) atoms. The fraction of sp³-hybridized carbons (Fsp3) is 0.500. The summed E-state index contributed by atoms with van der Waals surface area (Å²) in [6.07, 6.45) is 0. The van der Waals surface area contributed by atoms with Crippen LogP contribution in [0.25, 0.3) is 0 Å². The van der Waals surface area contributed by atoms with Crippen molar-refractivity contribution in [2.75, 3.05) is 20.2 Å². The topological polar surface area (TPSA) is 78.9 Å². The summed E-state index contributed by atoms with van der Waals surface area (Å²) in [5.74, 6) is -1.14. The average Bonchev–Trinajstić information content (AvgIpc) is 2.50. The van der Waals surface area contributed by atoms with E-state index in [-0.39, 0.29) is 12.5 Å². The van der Waals surface area contributed by atoms with Crippen molar-refractivity contribution in [3.05, 3.63) is 35.4 Å². The largest absolute Gasteiger partial charge is 0.480 e. The van der Waals surface area contributed by atoms with E-state index < -0.39 is 12.0 Å². The molecule has 1 atom stereocenters. The predicted molar refractivity (Wildman–Crippen MR) is 83.3 cm³/mol. The second-order valence-electron chi connectivity index (χ2n) is 5.16. The van der Waals surface area contributed by atoms with Gasteiger partial charge in [-0.1, -0.05) is 24.3 Å². The van der Waals surface area contributed by atoms with Crippen LogP contribution in [0.1, 0.15) is 25.0 Å². The quantitative estimate of drug-likeness (QED) is 0.717. The number of ether oxygens (including phenoxy) is 1. The lowest BCUT2D eigenvalue weighted by Crippen LogP contribution is -2.42. The lowest BCUT2D eigenvalue weighted by atomic mass is 10.1. The maximum absolute atomic E-state index is 11.8. The molecule has 0 heterocycles. The Labute approximate surface area is 131 Å². The maximum Gasteiger partial charge on any atom is 0.320 e. The summed E-state index contributed by atoms with van der Waals surface area (Å²) in [4.78, 5) is 24.1. The molecule has 0 radical (unpaired) electrons. The number of benzene rings is 1. The summed E-state index contributed by atoms with van der Waals surface area (Å²) in [6, 6.07) is 7.13. The first kappa shape index (κ1) is 18.1. The molecule has 0 saturated heterocycles. The predicted octanol–water partition coefficient (Wildman–Crippen LogP) is 1.24. The van der Waals surface area contributed by atoms with Gasteiger partial charge in [-0.05, 0) is 32.0 Å². The zero-order valence-electron chi connectivity index (χ0n) is 13.3. The molecule has 6 heteroatoms. The summed E-state index contributed by atoms with van der Waals surface area (Å²) in [7, 11) is 1.61. The van der Waals surface area contributed by atoms with E-state index >= 15 is 0 Å². The van der Waals surface area contributed by atoms with E-state index in [0.717, 1.165) is 11.1 Å². The summed E-state index contributed by atoms with van der Waals surface area (Å²) >= 11 is 0. The molecular formula is C16H24N2O4. The number of hydrogen-bond acceptors (Lipinski definition) is 4. The first-order chi connectivity index (χ1) is 10.4. The third kappa shape index (κ3) is 6.24. The van der Waals surface area contributed by atoms with Gasteiger partial charge in [0.15, 0.2) is 0 Å². The molecule has 0 saturated carbocycles. The van der Waals surface area contributed by atoms with Gasteiger partial charge in [-0.15, -0.1) is 0 Å². The number of nitrogens with one attached hydrogen (secondary N) is 1. The van der Waals surface area contributed by atoms with Gasteiger partial charge in [-0.25, -0.2) is 0 Å². The molecule has 122 valence electrons. The highest BCUT2D eigenvalue weighted by Crippen LogP contribution is 2.05. The second-order valence-corrected chi connectivity index (χ2v) is 5.16. The lowest BCUT2D eigenvalue weighted by Gasteiger charge is -2.20. The van der Waals surface area contributed by atoms with Gasteiger partial charge in [-0.3, -0.25) is 14.5 Å². The number of carboxylic acid groups (broad SMARTS) is 1. The fourth-order valence-corrected chi connectivity index (χ4v) is 1.78. The number of likely N-dealkylation sites (N-methyl/N-ethyl adjacent to an activating group) is 1. The average molecular weight is 308 g/mol. The number of hydrogen-bond donors (Lipinski definition) is 2. The van der Waals surface area contributed by atoms with Gasteiger partial charge in [0.25, 0.3) is 0 Å². The molecule has 0 aliphatic rings. The molecule has 1 aromatic rings. The minimum absolute atomic E-state index is 0.0515. The standard InChI is InChI=1S/C16H24N2O4/c1-4-22-11-14-7-5-13(6-8-14)9-17-15(19)10-18(3)12(2)16(20)21/h5-8,12H,4,9-11H2,1-3H3,(H,17,19)(H,20,21). The molecule has 1 rings (SSSR count). The van der Waals surface area contributed by atoms with Gasteiger partial charge in [-0.2, -0.15) is 0 Å². The van der Waals surface area contributed by atoms with E-state index in [1.54, 1.807) is 14.0 Å². The Hall–Kier alpha value is -1.92. The van der Waals surface area contributed by atoms with Crippen LogP contribution < -0.4 is 5.32 Å². The third-order valence-electron chi connectivity index (χ3n) is 3.40. The number of carbonyl (C=O) groups excluding carboxylic acids is 1. The fourth-order valence-electron chi connectivity index (χ4n) is 1.78. The SMILES string of the molecule is CCOCc1ccc(CNC(=O)CN(C)C(C)C(=O)O)cc1. The highest BCUT2D eigenvalue weighted by Gasteiger charge is 2.18. The number of aliphatic carboxylic acids is 1. The van der Waals surface area contributed by atoms with Crippen molar-refractivity contribution in [3.8, 4) is 0 Å². The van der Waals surface area contributed by atoms with Crippen LogP contribution in [0.5, 0.6) is 0 Å². The van der Waals surface area contributed by atoms with E-state index in [1.807, 2.05) is 31.2 Å². The summed E-state index contributed by atoms with van der Waals surface area (Å²) in [5, 5.41) is 11.7. The number of rotatable bonds is 9. The Morgan fingerprint density at radius 2 is 1.86 bits per heavy atom. The molecule has 0 aliphatic carbocycles. The first-order valence-corrected chi connectivity index (χ1v) is 7.29. The molecule has 2 N–H and O–H groups in total. The van der Waals surface area contributed by atoms with Crippen LogP contribution in [0.4, 0.5) is 0 Å². The van der Waals surface area contributed by atoms with Gasteiger partial charge in [0.1, 0.15) is 6.04 Å². The monoisotopic (exact) mass is 308 g/mol. The Balaban J connectivity index is 2.39. The van der Waals surface area contributed by atoms with E-state index in [0.29, 0.717) is 19.8 Å². The number of amides is 1. The molecule has 0 aromatic heterocycles. The molecule has 1 unspecified atom stereocenters. The Bertz CT molecular complexity index is 487. The molecule has 0 spiro atoms. The van der Waals surface area contributed by atoms with Crippen LogP contribution in [0.3, 0.4) is 0 Å². The van der Waals surface area contributed by atoms with Crippen molar-refractivity contribution in [1.29, 1.82) is 0 Å². The van der Waals surface area contributed by atoms with Crippen molar-refractivity contribution >= 4 is 11.9 Å². The lowest BCUT2D eigenvalue weighted by molar-refractivity contribution is -0.142. The van der Waals surface area contributed by atoms with Gasteiger partial charge >= 0.3 is 5.97 Å². The first-order valence-electron chi connectivity index (χ1n) is 7.29. The normalized spacial score (nSPS) is 12.2. The molecule has 0 aliphatic heterocycles. The van der Waals surface area contributed by atoms with Crippen molar-refractivity contribution in [2.24, 2.45) is 0 Å². The molecule has 6 nitrogen and oxygen atoms in total. The number of nitrogens with zero attached hydrogens (tertiary/aromatic N) is 1.